The van der Waals surface area contributed by atoms with E-state index in [0.29, 0.717) is 0 Å². The van der Waals surface area contributed by atoms with Crippen molar-refractivity contribution in [2.75, 3.05) is 0 Å². The van der Waals surface area contributed by atoms with Crippen LogP contribution in [0.25, 0.3) is 0 Å². The van der Waals surface area contributed by atoms with Crippen molar-refractivity contribution in [3.05, 3.63) is 72.4 Å². The van der Waals surface area contributed by atoms with Crippen molar-refractivity contribution in [3.63, 3.8) is 0 Å². The molecular formula is C23H32. The van der Waals surface area contributed by atoms with Gasteiger partial charge in [0.15, 0.2) is 0 Å². The van der Waals surface area contributed by atoms with Crippen molar-refractivity contribution in [3.8, 4) is 0 Å². The van der Waals surface area contributed by atoms with Gasteiger partial charge in [0.1, 0.15) is 0 Å². The molecular weight excluding hydrogens is 276 g/mol. The first-order chi connectivity index (χ1) is 11.3. The maximum absolute atomic E-state index is 2.43. The molecule has 0 heterocycles. The van der Waals surface area contributed by atoms with Gasteiger partial charge in [-0.3, -0.25) is 0 Å². The Kier molecular flexibility index (Phi) is 8.55. The Morgan fingerprint density at radius 3 is 2.04 bits per heavy atom. The fourth-order valence-corrected chi connectivity index (χ4v) is 3.51. The number of allylic oxidation sites excluding steroid dienone is 12. The summed E-state index contributed by atoms with van der Waals surface area (Å²) in [6.07, 6.45) is 34.7. The zero-order chi connectivity index (χ0) is 16.2. The molecule has 0 spiro atoms. The van der Waals surface area contributed by atoms with Crippen molar-refractivity contribution in [1.29, 1.82) is 0 Å². The molecule has 124 valence electrons. The van der Waals surface area contributed by atoms with Gasteiger partial charge in [-0.2, -0.15) is 0 Å². The van der Waals surface area contributed by atoms with Crippen LogP contribution in [0.4, 0.5) is 0 Å². The maximum Gasteiger partial charge on any atom is -0.0250 e. The summed E-state index contributed by atoms with van der Waals surface area (Å²) in [4.78, 5) is 0. The van der Waals surface area contributed by atoms with Crippen LogP contribution in [0.5, 0.6) is 0 Å². The molecule has 0 radical (unpaired) electrons. The molecule has 0 amide bonds. The summed E-state index contributed by atoms with van der Waals surface area (Å²) in [6.45, 7) is 2.43. The Morgan fingerprint density at radius 2 is 1.26 bits per heavy atom. The van der Waals surface area contributed by atoms with Gasteiger partial charge in [0.05, 0.1) is 0 Å². The molecule has 23 heavy (non-hydrogen) atoms. The molecule has 2 aliphatic carbocycles. The average molecular weight is 309 g/mol. The smallest absolute Gasteiger partial charge is 0.0250 e. The van der Waals surface area contributed by atoms with E-state index in [9.17, 15) is 0 Å². The monoisotopic (exact) mass is 308 g/mol. The quantitative estimate of drug-likeness (QED) is 0.510. The first kappa shape index (κ1) is 17.8. The molecule has 0 heteroatoms. The molecule has 2 unspecified atom stereocenters. The molecule has 2 aliphatic rings. The SMILES string of the molecule is CC1CCCCC(CC2=CC=CC=CC=CC=CC=C2)CCC1. The number of rotatable bonds is 2. The predicted molar refractivity (Wildman–Crippen MR) is 103 cm³/mol. The Bertz CT molecular complexity index is 496. The third-order valence-electron chi connectivity index (χ3n) is 4.90. The summed E-state index contributed by atoms with van der Waals surface area (Å²) in [6, 6.07) is 0. The van der Waals surface area contributed by atoms with Crippen LogP contribution in [0.15, 0.2) is 72.4 Å². The van der Waals surface area contributed by atoms with E-state index in [4.69, 9.17) is 0 Å². The molecule has 2 atom stereocenters. The standard InChI is InChI=1S/C23H32/c1-21-14-11-12-18-23(19-13-15-21)20-22-16-9-7-5-3-2-4-6-8-10-17-22/h2-10,16-17,21,23H,11-15,18-20H2,1H3. The van der Waals surface area contributed by atoms with E-state index >= 15 is 0 Å². The number of hydrogen-bond donors (Lipinski definition) is 0. The van der Waals surface area contributed by atoms with Crippen molar-refractivity contribution in [1.82, 2.24) is 0 Å². The molecule has 0 aliphatic heterocycles. The molecule has 0 nitrogen and oxygen atoms in total. The summed E-state index contributed by atoms with van der Waals surface area (Å²) in [7, 11) is 0. The van der Waals surface area contributed by atoms with Crippen LogP contribution in [-0.4, -0.2) is 0 Å². The van der Waals surface area contributed by atoms with Gasteiger partial charge in [0.2, 0.25) is 0 Å². The topological polar surface area (TPSA) is 0 Å². The van der Waals surface area contributed by atoms with E-state index < -0.39 is 0 Å². The lowest BCUT2D eigenvalue weighted by atomic mass is 9.89. The van der Waals surface area contributed by atoms with Crippen molar-refractivity contribution in [2.45, 2.75) is 58.3 Å². The highest BCUT2D eigenvalue weighted by Gasteiger charge is 2.14. The third kappa shape index (κ3) is 8.02. The normalized spacial score (nSPS) is 26.6. The minimum absolute atomic E-state index is 0.858. The fraction of sp³-hybridized carbons (Fsp3) is 0.478. The highest BCUT2D eigenvalue weighted by molar-refractivity contribution is 5.30. The van der Waals surface area contributed by atoms with Crippen LogP contribution in [0.2, 0.25) is 0 Å². The second-order valence-corrected chi connectivity index (χ2v) is 7.03. The summed E-state index contributed by atoms with van der Waals surface area (Å²) in [5.41, 5.74) is 1.46. The summed E-state index contributed by atoms with van der Waals surface area (Å²) >= 11 is 0. The zero-order valence-corrected chi connectivity index (χ0v) is 14.7. The van der Waals surface area contributed by atoms with Crippen LogP contribution in [-0.2, 0) is 0 Å². The molecule has 0 aromatic rings. The highest BCUT2D eigenvalue weighted by Crippen LogP contribution is 2.29. The van der Waals surface area contributed by atoms with E-state index in [0.717, 1.165) is 11.8 Å². The Hall–Kier alpha value is -1.56. The van der Waals surface area contributed by atoms with Gasteiger partial charge in [0.25, 0.3) is 0 Å². The van der Waals surface area contributed by atoms with Gasteiger partial charge in [-0.15, -0.1) is 0 Å². The lowest BCUT2D eigenvalue weighted by Crippen LogP contribution is -2.02. The minimum Gasteiger partial charge on any atom is -0.0625 e. The molecule has 1 saturated carbocycles. The highest BCUT2D eigenvalue weighted by atomic mass is 14.2. The second kappa shape index (κ2) is 11.0. The van der Waals surface area contributed by atoms with E-state index in [1.54, 1.807) is 0 Å². The molecule has 0 N–H and O–H groups in total. The predicted octanol–water partition coefficient (Wildman–Crippen LogP) is 7.09. The molecule has 1 fully saturated rings. The minimum atomic E-state index is 0.858. The molecule has 0 aromatic carbocycles. The van der Waals surface area contributed by atoms with Gasteiger partial charge in [-0.1, -0.05) is 119 Å². The zero-order valence-electron chi connectivity index (χ0n) is 14.7. The largest absolute Gasteiger partial charge is 0.0625 e. The van der Waals surface area contributed by atoms with Gasteiger partial charge < -0.3 is 0 Å². The van der Waals surface area contributed by atoms with Gasteiger partial charge in [-0.05, 0) is 23.8 Å². The molecule has 0 bridgehead atoms. The van der Waals surface area contributed by atoms with Gasteiger partial charge in [0, 0.05) is 0 Å². The Morgan fingerprint density at radius 1 is 0.696 bits per heavy atom. The third-order valence-corrected chi connectivity index (χ3v) is 4.90. The lowest BCUT2D eigenvalue weighted by Gasteiger charge is -2.16. The summed E-state index contributed by atoms with van der Waals surface area (Å²) in [5.74, 6) is 1.79. The first-order valence-electron chi connectivity index (χ1n) is 9.38. The summed E-state index contributed by atoms with van der Waals surface area (Å²) in [5, 5.41) is 0. The van der Waals surface area contributed by atoms with Crippen LogP contribution in [0.3, 0.4) is 0 Å². The maximum atomic E-state index is 2.43. The molecule has 0 saturated heterocycles. The van der Waals surface area contributed by atoms with Crippen LogP contribution in [0, 0.1) is 11.8 Å². The second-order valence-electron chi connectivity index (χ2n) is 7.03. The van der Waals surface area contributed by atoms with Crippen molar-refractivity contribution < 1.29 is 0 Å². The van der Waals surface area contributed by atoms with E-state index in [1.807, 2.05) is 0 Å². The lowest BCUT2D eigenvalue weighted by molar-refractivity contribution is 0.420. The summed E-state index contributed by atoms with van der Waals surface area (Å²) < 4.78 is 0. The van der Waals surface area contributed by atoms with Crippen LogP contribution in [0.1, 0.15) is 58.3 Å². The molecule has 2 rings (SSSR count). The van der Waals surface area contributed by atoms with Gasteiger partial charge >= 0.3 is 0 Å². The van der Waals surface area contributed by atoms with Crippen LogP contribution < -0.4 is 0 Å². The fourth-order valence-electron chi connectivity index (χ4n) is 3.51. The number of hydrogen-bond acceptors (Lipinski definition) is 0. The average Bonchev–Trinajstić information content (AvgIpc) is 2.62. The van der Waals surface area contributed by atoms with Crippen molar-refractivity contribution >= 4 is 0 Å². The Labute approximate surface area is 143 Å². The van der Waals surface area contributed by atoms with E-state index in [1.165, 1.54) is 56.9 Å². The van der Waals surface area contributed by atoms with Gasteiger partial charge in [-0.25, -0.2) is 0 Å². The van der Waals surface area contributed by atoms with Crippen molar-refractivity contribution in [2.24, 2.45) is 11.8 Å². The van der Waals surface area contributed by atoms with E-state index in [2.05, 4.69) is 73.8 Å². The van der Waals surface area contributed by atoms with Crippen LogP contribution >= 0.6 is 0 Å². The Balaban J connectivity index is 1.99. The molecule has 0 aromatic heterocycles. The first-order valence-corrected chi connectivity index (χ1v) is 9.38. The van der Waals surface area contributed by atoms with E-state index in [-0.39, 0.29) is 0 Å².